The highest BCUT2D eigenvalue weighted by Gasteiger charge is 2.15. The van der Waals surface area contributed by atoms with E-state index in [4.69, 9.17) is 5.14 Å². The predicted molar refractivity (Wildman–Crippen MR) is 86.1 cm³/mol. The quantitative estimate of drug-likeness (QED) is 0.759. The molecule has 0 fully saturated rings. The second-order valence-electron chi connectivity index (χ2n) is 5.33. The van der Waals surface area contributed by atoms with Crippen LogP contribution < -0.4 is 10.5 Å². The molecule has 1 unspecified atom stereocenters. The zero-order chi connectivity index (χ0) is 17.9. The molecular formula is C16H17FN2O4S. The van der Waals surface area contributed by atoms with Gasteiger partial charge in [-0.3, -0.25) is 4.79 Å². The van der Waals surface area contributed by atoms with Crippen LogP contribution in [-0.4, -0.2) is 19.4 Å². The van der Waals surface area contributed by atoms with Crippen molar-refractivity contribution in [2.75, 3.05) is 0 Å². The maximum absolute atomic E-state index is 13.3. The Labute approximate surface area is 139 Å². The first-order valence-electron chi connectivity index (χ1n) is 7.07. The van der Waals surface area contributed by atoms with Crippen LogP contribution in [0.4, 0.5) is 4.39 Å². The largest absolute Gasteiger partial charge is 0.505 e. The third-order valence-electron chi connectivity index (χ3n) is 3.49. The van der Waals surface area contributed by atoms with Crippen molar-refractivity contribution in [3.05, 3.63) is 59.4 Å². The number of primary sulfonamides is 1. The molecule has 8 heteroatoms. The van der Waals surface area contributed by atoms with Crippen molar-refractivity contribution in [2.24, 2.45) is 5.14 Å². The molecule has 0 aliphatic heterocycles. The molecular weight excluding hydrogens is 335 g/mol. The Morgan fingerprint density at radius 1 is 1.29 bits per heavy atom. The lowest BCUT2D eigenvalue weighted by molar-refractivity contribution is -0.121. The van der Waals surface area contributed by atoms with Gasteiger partial charge < -0.3 is 10.4 Å². The van der Waals surface area contributed by atoms with Crippen LogP contribution in [0, 0.1) is 5.82 Å². The summed E-state index contributed by atoms with van der Waals surface area (Å²) in [5, 5.41) is 17.3. The number of rotatable bonds is 5. The number of carbonyl (C=O) groups is 1. The standard InChI is InChI=1S/C16H17FN2O4S/c1-10(11-4-2-6-13(8-11)24(18,22)23)19-15(20)9-12-5-3-7-14(17)16(12)21/h2-8,10,21H,9H2,1H3,(H,19,20)(H2,18,22,23). The zero-order valence-corrected chi connectivity index (χ0v) is 13.7. The summed E-state index contributed by atoms with van der Waals surface area (Å²) in [6.45, 7) is 1.67. The number of aromatic hydroxyl groups is 1. The minimum Gasteiger partial charge on any atom is -0.505 e. The molecule has 24 heavy (non-hydrogen) atoms. The highest BCUT2D eigenvalue weighted by atomic mass is 32.2. The van der Waals surface area contributed by atoms with Crippen molar-refractivity contribution in [1.29, 1.82) is 0 Å². The van der Waals surface area contributed by atoms with Crippen LogP contribution in [0.2, 0.25) is 0 Å². The van der Waals surface area contributed by atoms with E-state index >= 15 is 0 Å². The normalized spacial score (nSPS) is 12.6. The number of carbonyl (C=O) groups excluding carboxylic acids is 1. The predicted octanol–water partition coefficient (Wildman–Crippen LogP) is 1.60. The van der Waals surface area contributed by atoms with Gasteiger partial charge in [-0.05, 0) is 30.7 Å². The summed E-state index contributed by atoms with van der Waals surface area (Å²) in [6, 6.07) is 9.36. The van der Waals surface area contributed by atoms with E-state index < -0.39 is 33.5 Å². The first-order chi connectivity index (χ1) is 11.2. The van der Waals surface area contributed by atoms with Crippen molar-refractivity contribution >= 4 is 15.9 Å². The minimum absolute atomic E-state index is 0.0520. The van der Waals surface area contributed by atoms with Gasteiger partial charge in [0.05, 0.1) is 17.4 Å². The van der Waals surface area contributed by atoms with Gasteiger partial charge in [-0.1, -0.05) is 24.3 Å². The van der Waals surface area contributed by atoms with Crippen LogP contribution in [0.5, 0.6) is 5.75 Å². The summed E-state index contributed by atoms with van der Waals surface area (Å²) < 4.78 is 36.0. The second kappa shape index (κ2) is 6.98. The molecule has 6 nitrogen and oxygen atoms in total. The monoisotopic (exact) mass is 352 g/mol. The fourth-order valence-corrected chi connectivity index (χ4v) is 2.78. The highest BCUT2D eigenvalue weighted by Crippen LogP contribution is 2.22. The molecule has 1 amide bonds. The van der Waals surface area contributed by atoms with E-state index in [1.807, 2.05) is 0 Å². The molecule has 0 bridgehead atoms. The van der Waals surface area contributed by atoms with Crippen LogP contribution >= 0.6 is 0 Å². The van der Waals surface area contributed by atoms with Crippen LogP contribution in [0.3, 0.4) is 0 Å². The van der Waals surface area contributed by atoms with Crippen molar-refractivity contribution in [2.45, 2.75) is 24.3 Å². The SMILES string of the molecule is CC(NC(=O)Cc1cccc(F)c1O)c1cccc(S(N)(=O)=O)c1. The van der Waals surface area contributed by atoms with Crippen molar-refractivity contribution in [1.82, 2.24) is 5.32 Å². The minimum atomic E-state index is -3.83. The Hall–Kier alpha value is -2.45. The third kappa shape index (κ3) is 4.30. The van der Waals surface area contributed by atoms with Gasteiger partial charge in [0.1, 0.15) is 0 Å². The smallest absolute Gasteiger partial charge is 0.238 e. The van der Waals surface area contributed by atoms with Gasteiger partial charge in [-0.25, -0.2) is 17.9 Å². The summed E-state index contributed by atoms with van der Waals surface area (Å²) in [4.78, 5) is 12.0. The lowest BCUT2D eigenvalue weighted by atomic mass is 10.1. The van der Waals surface area contributed by atoms with Crippen molar-refractivity contribution in [3.8, 4) is 5.75 Å². The maximum atomic E-state index is 13.3. The van der Waals surface area contributed by atoms with E-state index in [2.05, 4.69) is 5.32 Å². The fraction of sp³-hybridized carbons (Fsp3) is 0.188. The number of nitrogens with one attached hydrogen (secondary N) is 1. The molecule has 0 aliphatic carbocycles. The summed E-state index contributed by atoms with van der Waals surface area (Å²) in [7, 11) is -3.83. The lowest BCUT2D eigenvalue weighted by Gasteiger charge is -2.15. The maximum Gasteiger partial charge on any atom is 0.238 e. The fourth-order valence-electron chi connectivity index (χ4n) is 2.21. The third-order valence-corrected chi connectivity index (χ3v) is 4.40. The number of hydrogen-bond donors (Lipinski definition) is 3. The van der Waals surface area contributed by atoms with E-state index in [1.165, 1.54) is 30.3 Å². The van der Waals surface area contributed by atoms with Gasteiger partial charge in [0.15, 0.2) is 11.6 Å². The molecule has 0 aliphatic rings. The Morgan fingerprint density at radius 2 is 1.96 bits per heavy atom. The van der Waals surface area contributed by atoms with Gasteiger partial charge in [0.25, 0.3) is 0 Å². The van der Waals surface area contributed by atoms with Crippen LogP contribution in [0.15, 0.2) is 47.4 Å². The average molecular weight is 352 g/mol. The Kier molecular flexibility index (Phi) is 5.20. The van der Waals surface area contributed by atoms with E-state index in [-0.39, 0.29) is 16.9 Å². The summed E-state index contributed by atoms with van der Waals surface area (Å²) in [5.41, 5.74) is 0.719. The molecule has 0 heterocycles. The topological polar surface area (TPSA) is 109 Å². The van der Waals surface area contributed by atoms with E-state index in [1.54, 1.807) is 13.0 Å². The Balaban J connectivity index is 2.11. The molecule has 0 radical (unpaired) electrons. The molecule has 0 spiro atoms. The first-order valence-corrected chi connectivity index (χ1v) is 8.61. The Morgan fingerprint density at radius 3 is 2.62 bits per heavy atom. The molecule has 0 saturated carbocycles. The van der Waals surface area contributed by atoms with E-state index in [0.29, 0.717) is 5.56 Å². The van der Waals surface area contributed by atoms with Crippen LogP contribution in [0.25, 0.3) is 0 Å². The number of hydrogen-bond acceptors (Lipinski definition) is 4. The molecule has 4 N–H and O–H groups in total. The van der Waals surface area contributed by atoms with Gasteiger partial charge in [-0.2, -0.15) is 0 Å². The molecule has 1 atom stereocenters. The number of halogens is 1. The number of sulfonamides is 1. The second-order valence-corrected chi connectivity index (χ2v) is 6.89. The van der Waals surface area contributed by atoms with Gasteiger partial charge >= 0.3 is 0 Å². The zero-order valence-electron chi connectivity index (χ0n) is 12.9. The van der Waals surface area contributed by atoms with Gasteiger partial charge in [-0.15, -0.1) is 0 Å². The number of phenols is 1. The molecule has 128 valence electrons. The molecule has 0 aromatic heterocycles. The van der Waals surface area contributed by atoms with Crippen molar-refractivity contribution < 1.29 is 22.7 Å². The lowest BCUT2D eigenvalue weighted by Crippen LogP contribution is -2.28. The summed E-state index contributed by atoms with van der Waals surface area (Å²) in [6.07, 6.45) is -0.206. The van der Waals surface area contributed by atoms with Crippen molar-refractivity contribution in [3.63, 3.8) is 0 Å². The number of amides is 1. The number of phenolic OH excluding ortho intramolecular Hbond substituents is 1. The summed E-state index contributed by atoms with van der Waals surface area (Å²) >= 11 is 0. The number of nitrogens with two attached hydrogens (primary N) is 1. The molecule has 2 rings (SSSR count). The van der Waals surface area contributed by atoms with Crippen LogP contribution in [-0.2, 0) is 21.2 Å². The number of para-hydroxylation sites is 1. The van der Waals surface area contributed by atoms with Gasteiger partial charge in [0, 0.05) is 5.56 Å². The molecule has 0 saturated heterocycles. The van der Waals surface area contributed by atoms with E-state index in [9.17, 15) is 22.7 Å². The number of benzene rings is 2. The summed E-state index contributed by atoms with van der Waals surface area (Å²) in [5.74, 6) is -1.80. The average Bonchev–Trinajstić information content (AvgIpc) is 2.51. The molecule has 2 aromatic rings. The molecule has 2 aromatic carbocycles. The van der Waals surface area contributed by atoms with Gasteiger partial charge in [0.2, 0.25) is 15.9 Å². The van der Waals surface area contributed by atoms with Crippen LogP contribution in [0.1, 0.15) is 24.1 Å². The van der Waals surface area contributed by atoms with E-state index in [0.717, 1.165) is 6.07 Å². The first kappa shape index (κ1) is 17.9. The highest BCUT2D eigenvalue weighted by molar-refractivity contribution is 7.89. The Bertz CT molecular complexity index is 868.